The Labute approximate surface area is 98.4 Å². The first kappa shape index (κ1) is 11.6. The molecule has 1 aliphatic rings. The monoisotopic (exact) mass is 218 g/mol. The van der Waals surface area contributed by atoms with Crippen molar-refractivity contribution in [2.45, 2.75) is 32.4 Å². The molecule has 0 aliphatic carbocycles. The topological polar surface area (TPSA) is 29.3 Å². The summed E-state index contributed by atoms with van der Waals surface area (Å²) < 4.78 is 0. The van der Waals surface area contributed by atoms with Crippen LogP contribution in [0.25, 0.3) is 0 Å². The molecule has 3 unspecified atom stereocenters. The molecule has 1 aromatic carbocycles. The van der Waals surface area contributed by atoms with Gasteiger partial charge >= 0.3 is 0 Å². The summed E-state index contributed by atoms with van der Waals surface area (Å²) in [5.41, 5.74) is 7.48. The largest absolute Gasteiger partial charge is 0.327 e. The van der Waals surface area contributed by atoms with E-state index in [0.29, 0.717) is 12.1 Å². The lowest BCUT2D eigenvalue weighted by Crippen LogP contribution is -2.47. The van der Waals surface area contributed by atoms with Crippen LogP contribution in [0, 0.1) is 5.92 Å². The van der Waals surface area contributed by atoms with Crippen molar-refractivity contribution < 1.29 is 0 Å². The van der Waals surface area contributed by atoms with Crippen molar-refractivity contribution in [2.24, 2.45) is 11.7 Å². The van der Waals surface area contributed by atoms with Crippen LogP contribution in [0.2, 0.25) is 0 Å². The van der Waals surface area contributed by atoms with E-state index < -0.39 is 0 Å². The SMILES string of the molecule is CC1CC(N)CN(C(C)c2ccccc2)C1. The molecule has 1 aliphatic heterocycles. The molecule has 2 heteroatoms. The lowest BCUT2D eigenvalue weighted by Gasteiger charge is -2.38. The Kier molecular flexibility index (Phi) is 3.62. The van der Waals surface area contributed by atoms with Gasteiger partial charge in [-0.15, -0.1) is 0 Å². The molecule has 0 amide bonds. The van der Waals surface area contributed by atoms with Crippen LogP contribution in [0.3, 0.4) is 0 Å². The summed E-state index contributed by atoms with van der Waals surface area (Å²) >= 11 is 0. The van der Waals surface area contributed by atoms with Crippen molar-refractivity contribution in [1.29, 1.82) is 0 Å². The number of likely N-dealkylation sites (tertiary alicyclic amines) is 1. The van der Waals surface area contributed by atoms with Crippen molar-refractivity contribution in [1.82, 2.24) is 4.90 Å². The van der Waals surface area contributed by atoms with Crippen LogP contribution in [0.1, 0.15) is 31.9 Å². The Morgan fingerprint density at radius 3 is 2.56 bits per heavy atom. The Hall–Kier alpha value is -0.860. The molecule has 88 valence electrons. The van der Waals surface area contributed by atoms with Crippen LogP contribution < -0.4 is 5.73 Å². The minimum absolute atomic E-state index is 0.343. The molecule has 0 spiro atoms. The van der Waals surface area contributed by atoms with Gasteiger partial charge in [0.2, 0.25) is 0 Å². The van der Waals surface area contributed by atoms with Gasteiger partial charge in [0.15, 0.2) is 0 Å². The molecular formula is C14H22N2. The molecule has 0 aromatic heterocycles. The average molecular weight is 218 g/mol. The van der Waals surface area contributed by atoms with Crippen LogP contribution in [-0.2, 0) is 0 Å². The molecule has 2 rings (SSSR count). The van der Waals surface area contributed by atoms with Gasteiger partial charge in [0.1, 0.15) is 0 Å². The molecule has 1 fully saturated rings. The number of nitrogens with two attached hydrogens (primary N) is 1. The molecule has 3 atom stereocenters. The lowest BCUT2D eigenvalue weighted by atomic mass is 9.94. The van der Waals surface area contributed by atoms with E-state index in [-0.39, 0.29) is 0 Å². The molecule has 0 radical (unpaired) electrons. The van der Waals surface area contributed by atoms with Crippen molar-refractivity contribution >= 4 is 0 Å². The molecule has 1 saturated heterocycles. The van der Waals surface area contributed by atoms with Crippen molar-refractivity contribution in [2.75, 3.05) is 13.1 Å². The van der Waals surface area contributed by atoms with E-state index in [1.807, 2.05) is 0 Å². The summed E-state index contributed by atoms with van der Waals surface area (Å²) in [6.07, 6.45) is 1.16. The van der Waals surface area contributed by atoms with Gasteiger partial charge < -0.3 is 5.73 Å². The fraction of sp³-hybridized carbons (Fsp3) is 0.571. The molecule has 2 nitrogen and oxygen atoms in total. The van der Waals surface area contributed by atoms with Gasteiger partial charge in [0, 0.05) is 25.2 Å². The zero-order valence-electron chi connectivity index (χ0n) is 10.3. The predicted octanol–water partition coefficient (Wildman–Crippen LogP) is 2.42. The van der Waals surface area contributed by atoms with E-state index >= 15 is 0 Å². The first-order valence-electron chi connectivity index (χ1n) is 6.21. The third kappa shape index (κ3) is 2.63. The summed E-state index contributed by atoms with van der Waals surface area (Å²) in [5.74, 6) is 0.718. The third-order valence-corrected chi connectivity index (χ3v) is 3.55. The van der Waals surface area contributed by atoms with Gasteiger partial charge in [-0.2, -0.15) is 0 Å². The normalized spacial score (nSPS) is 28.9. The highest BCUT2D eigenvalue weighted by atomic mass is 15.2. The third-order valence-electron chi connectivity index (χ3n) is 3.55. The van der Waals surface area contributed by atoms with Gasteiger partial charge in [-0.3, -0.25) is 4.90 Å². The Morgan fingerprint density at radius 2 is 1.94 bits per heavy atom. The standard InChI is InChI=1S/C14H22N2/c1-11-8-14(15)10-16(9-11)12(2)13-6-4-3-5-7-13/h3-7,11-12,14H,8-10,15H2,1-2H3. The summed E-state index contributed by atoms with van der Waals surface area (Å²) in [6, 6.07) is 11.5. The zero-order chi connectivity index (χ0) is 11.5. The number of benzene rings is 1. The van der Waals surface area contributed by atoms with E-state index in [1.54, 1.807) is 0 Å². The van der Waals surface area contributed by atoms with Crippen molar-refractivity contribution in [3.8, 4) is 0 Å². The van der Waals surface area contributed by atoms with Crippen molar-refractivity contribution in [3.63, 3.8) is 0 Å². The van der Waals surface area contributed by atoms with Crippen LogP contribution in [-0.4, -0.2) is 24.0 Å². The van der Waals surface area contributed by atoms with E-state index in [0.717, 1.165) is 18.9 Å². The fourth-order valence-electron chi connectivity index (χ4n) is 2.70. The Balaban J connectivity index is 2.07. The minimum Gasteiger partial charge on any atom is -0.327 e. The van der Waals surface area contributed by atoms with E-state index in [4.69, 9.17) is 5.73 Å². The summed E-state index contributed by atoms with van der Waals surface area (Å²) in [6.45, 7) is 6.77. The summed E-state index contributed by atoms with van der Waals surface area (Å²) in [7, 11) is 0. The molecule has 2 N–H and O–H groups in total. The maximum absolute atomic E-state index is 6.09. The minimum atomic E-state index is 0.343. The van der Waals surface area contributed by atoms with E-state index in [9.17, 15) is 0 Å². The second-order valence-corrected chi connectivity index (χ2v) is 5.14. The van der Waals surface area contributed by atoms with Crippen molar-refractivity contribution in [3.05, 3.63) is 35.9 Å². The van der Waals surface area contributed by atoms with Gasteiger partial charge in [-0.1, -0.05) is 37.3 Å². The summed E-state index contributed by atoms with van der Waals surface area (Å²) in [4.78, 5) is 2.51. The molecule has 0 bridgehead atoms. The number of nitrogens with zero attached hydrogens (tertiary/aromatic N) is 1. The van der Waals surface area contributed by atoms with Crippen LogP contribution in [0.5, 0.6) is 0 Å². The van der Waals surface area contributed by atoms with Crippen LogP contribution in [0.4, 0.5) is 0 Å². The highest BCUT2D eigenvalue weighted by Gasteiger charge is 2.25. The zero-order valence-corrected chi connectivity index (χ0v) is 10.3. The highest BCUT2D eigenvalue weighted by Crippen LogP contribution is 2.25. The quantitative estimate of drug-likeness (QED) is 0.826. The number of hydrogen-bond donors (Lipinski definition) is 1. The maximum Gasteiger partial charge on any atom is 0.0320 e. The number of rotatable bonds is 2. The van der Waals surface area contributed by atoms with Gasteiger partial charge in [0.05, 0.1) is 0 Å². The molecule has 1 aromatic rings. The second-order valence-electron chi connectivity index (χ2n) is 5.14. The van der Waals surface area contributed by atoms with E-state index in [1.165, 1.54) is 12.1 Å². The highest BCUT2D eigenvalue weighted by molar-refractivity contribution is 5.18. The van der Waals surface area contributed by atoms with E-state index in [2.05, 4.69) is 49.1 Å². The first-order valence-corrected chi connectivity index (χ1v) is 6.21. The lowest BCUT2D eigenvalue weighted by molar-refractivity contribution is 0.124. The van der Waals surface area contributed by atoms with Gasteiger partial charge in [-0.25, -0.2) is 0 Å². The molecule has 0 saturated carbocycles. The Bertz CT molecular complexity index is 313. The second kappa shape index (κ2) is 4.98. The average Bonchev–Trinajstić information content (AvgIpc) is 2.28. The number of piperidine rings is 1. The van der Waals surface area contributed by atoms with Crippen LogP contribution in [0.15, 0.2) is 30.3 Å². The van der Waals surface area contributed by atoms with Gasteiger partial charge in [0.25, 0.3) is 0 Å². The first-order chi connectivity index (χ1) is 7.66. The van der Waals surface area contributed by atoms with Crippen LogP contribution >= 0.6 is 0 Å². The predicted molar refractivity (Wildman–Crippen MR) is 68.2 cm³/mol. The Morgan fingerprint density at radius 1 is 1.25 bits per heavy atom. The molecular weight excluding hydrogens is 196 g/mol. The molecule has 1 heterocycles. The van der Waals surface area contributed by atoms with Gasteiger partial charge in [-0.05, 0) is 24.8 Å². The maximum atomic E-state index is 6.09. The smallest absolute Gasteiger partial charge is 0.0320 e. The number of hydrogen-bond acceptors (Lipinski definition) is 2. The fourth-order valence-corrected chi connectivity index (χ4v) is 2.70. The summed E-state index contributed by atoms with van der Waals surface area (Å²) in [5, 5.41) is 0. The molecule has 16 heavy (non-hydrogen) atoms.